The largest absolute Gasteiger partial charge is 0.489 e. The zero-order chi connectivity index (χ0) is 22.0. The Balaban J connectivity index is 1.88. The predicted molar refractivity (Wildman–Crippen MR) is 122 cm³/mol. The van der Waals surface area contributed by atoms with E-state index in [-0.39, 0.29) is 16.2 Å². The zero-order valence-corrected chi connectivity index (χ0v) is 19.1. The number of hydrogen-bond acceptors (Lipinski definition) is 5. The standard InChI is InChI=1S/C23H27Cl2NO4/c1-5-17(16-26-30-23(2,3)4)28-19-10-12-21(13-11-19)29-20-8-6-18(7-9-20)27-15-14-22(24)25/h6-14,16-17H,5,15H2,1-4H3. The minimum Gasteiger partial charge on any atom is -0.489 e. The van der Waals surface area contributed by atoms with Crippen molar-refractivity contribution in [3.63, 3.8) is 0 Å². The van der Waals surface area contributed by atoms with Crippen LogP contribution in [0.15, 0.2) is 64.3 Å². The second-order valence-electron chi connectivity index (χ2n) is 7.37. The van der Waals surface area contributed by atoms with E-state index >= 15 is 0 Å². The van der Waals surface area contributed by atoms with Crippen LogP contribution in [0.1, 0.15) is 34.1 Å². The summed E-state index contributed by atoms with van der Waals surface area (Å²) in [6.45, 7) is 8.16. The molecule has 2 rings (SSSR count). The molecule has 7 heteroatoms. The molecule has 0 fully saturated rings. The molecule has 0 heterocycles. The van der Waals surface area contributed by atoms with Gasteiger partial charge in [-0.1, -0.05) is 35.3 Å². The van der Waals surface area contributed by atoms with Crippen LogP contribution in [0, 0.1) is 0 Å². The maximum absolute atomic E-state index is 5.93. The number of benzene rings is 2. The van der Waals surface area contributed by atoms with Crippen LogP contribution in [0.25, 0.3) is 0 Å². The van der Waals surface area contributed by atoms with Gasteiger partial charge < -0.3 is 19.0 Å². The molecule has 30 heavy (non-hydrogen) atoms. The highest BCUT2D eigenvalue weighted by Crippen LogP contribution is 2.26. The Bertz CT molecular complexity index is 824. The topological polar surface area (TPSA) is 49.3 Å². The lowest BCUT2D eigenvalue weighted by molar-refractivity contribution is 0.000541. The van der Waals surface area contributed by atoms with Crippen molar-refractivity contribution < 1.29 is 19.0 Å². The van der Waals surface area contributed by atoms with Gasteiger partial charge in [0.25, 0.3) is 0 Å². The minimum atomic E-state index is -0.326. The quantitative estimate of drug-likeness (QED) is 0.284. The van der Waals surface area contributed by atoms with Crippen LogP contribution in [0.4, 0.5) is 0 Å². The summed E-state index contributed by atoms with van der Waals surface area (Å²) in [6.07, 6.45) is 3.85. The van der Waals surface area contributed by atoms with Crippen LogP contribution in [0.2, 0.25) is 0 Å². The van der Waals surface area contributed by atoms with Crippen molar-refractivity contribution in [1.82, 2.24) is 0 Å². The van der Waals surface area contributed by atoms with Gasteiger partial charge in [0.05, 0.1) is 6.21 Å². The Morgan fingerprint density at radius 3 is 1.97 bits per heavy atom. The number of halogens is 2. The van der Waals surface area contributed by atoms with Gasteiger partial charge in [-0.15, -0.1) is 0 Å². The van der Waals surface area contributed by atoms with Crippen LogP contribution < -0.4 is 14.2 Å². The van der Waals surface area contributed by atoms with Crippen LogP contribution in [0.3, 0.4) is 0 Å². The molecule has 0 aliphatic rings. The summed E-state index contributed by atoms with van der Waals surface area (Å²) < 4.78 is 17.5. The smallest absolute Gasteiger partial charge is 0.137 e. The lowest BCUT2D eigenvalue weighted by atomic mass is 10.2. The molecule has 2 aromatic carbocycles. The first-order valence-electron chi connectivity index (χ1n) is 9.65. The molecule has 0 aliphatic heterocycles. The van der Waals surface area contributed by atoms with Crippen LogP contribution >= 0.6 is 23.2 Å². The third-order valence-electron chi connectivity index (χ3n) is 3.61. The van der Waals surface area contributed by atoms with Gasteiger partial charge in [-0.3, -0.25) is 0 Å². The molecule has 0 aromatic heterocycles. The summed E-state index contributed by atoms with van der Waals surface area (Å²) in [4.78, 5) is 5.37. The first-order valence-corrected chi connectivity index (χ1v) is 10.4. The molecule has 162 valence electrons. The van der Waals surface area contributed by atoms with Crippen LogP contribution in [0.5, 0.6) is 23.0 Å². The highest BCUT2D eigenvalue weighted by Gasteiger charge is 2.11. The number of oxime groups is 1. The van der Waals surface area contributed by atoms with E-state index < -0.39 is 0 Å². The Hall–Kier alpha value is -2.37. The third kappa shape index (κ3) is 9.42. The Morgan fingerprint density at radius 1 is 0.933 bits per heavy atom. The molecule has 5 nitrogen and oxygen atoms in total. The molecule has 1 unspecified atom stereocenters. The molecule has 0 spiro atoms. The summed E-state index contributed by atoms with van der Waals surface area (Å²) in [5, 5.41) is 4.02. The van der Waals surface area contributed by atoms with Gasteiger partial charge in [0, 0.05) is 0 Å². The Kier molecular flexibility index (Phi) is 9.34. The van der Waals surface area contributed by atoms with E-state index in [9.17, 15) is 0 Å². The lowest BCUT2D eigenvalue weighted by Crippen LogP contribution is -2.20. The number of ether oxygens (including phenoxy) is 3. The van der Waals surface area contributed by atoms with Gasteiger partial charge >= 0.3 is 0 Å². The highest BCUT2D eigenvalue weighted by atomic mass is 35.5. The predicted octanol–water partition coefficient (Wildman–Crippen LogP) is 7.14. The van der Waals surface area contributed by atoms with Crippen molar-refractivity contribution in [2.75, 3.05) is 6.61 Å². The second-order valence-corrected chi connectivity index (χ2v) is 8.38. The van der Waals surface area contributed by atoms with E-state index in [4.69, 9.17) is 42.3 Å². The van der Waals surface area contributed by atoms with Crippen molar-refractivity contribution in [3.8, 4) is 23.0 Å². The summed E-state index contributed by atoms with van der Waals surface area (Å²) in [6, 6.07) is 14.7. The molecular formula is C23H27Cl2NO4. The van der Waals surface area contributed by atoms with Crippen LogP contribution in [-0.4, -0.2) is 24.5 Å². The number of nitrogens with zero attached hydrogens (tertiary/aromatic N) is 1. The van der Waals surface area contributed by atoms with Crippen molar-refractivity contribution >= 4 is 29.4 Å². The minimum absolute atomic E-state index is 0.171. The molecule has 0 saturated heterocycles. The van der Waals surface area contributed by atoms with Crippen molar-refractivity contribution in [1.29, 1.82) is 0 Å². The first-order chi connectivity index (χ1) is 14.2. The molecule has 0 saturated carbocycles. The van der Waals surface area contributed by atoms with Crippen molar-refractivity contribution in [3.05, 3.63) is 59.1 Å². The SMILES string of the molecule is CCC(C=NOC(C)(C)C)Oc1ccc(Oc2ccc(OCC=C(Cl)Cl)cc2)cc1. The fourth-order valence-electron chi connectivity index (χ4n) is 2.18. The van der Waals surface area contributed by atoms with Gasteiger partial charge in [0.1, 0.15) is 45.8 Å². The van der Waals surface area contributed by atoms with Gasteiger partial charge in [-0.25, -0.2) is 0 Å². The zero-order valence-electron chi connectivity index (χ0n) is 17.6. The monoisotopic (exact) mass is 451 g/mol. The maximum atomic E-state index is 5.93. The normalized spacial score (nSPS) is 12.3. The molecule has 0 radical (unpaired) electrons. The summed E-state index contributed by atoms with van der Waals surface area (Å²) in [5.74, 6) is 2.82. The van der Waals surface area contributed by atoms with Gasteiger partial charge in [0.15, 0.2) is 0 Å². The molecule has 0 aliphatic carbocycles. The number of hydrogen-bond donors (Lipinski definition) is 0. The summed E-state index contributed by atoms with van der Waals surface area (Å²) in [5.41, 5.74) is -0.326. The Morgan fingerprint density at radius 2 is 1.47 bits per heavy atom. The first kappa shape index (κ1) is 23.9. The van der Waals surface area contributed by atoms with Gasteiger partial charge in [-0.05, 0) is 81.8 Å². The van der Waals surface area contributed by atoms with E-state index in [0.717, 1.165) is 12.2 Å². The van der Waals surface area contributed by atoms with E-state index in [1.54, 1.807) is 12.3 Å². The molecule has 0 amide bonds. The van der Waals surface area contributed by atoms with Gasteiger partial charge in [0.2, 0.25) is 0 Å². The molecular weight excluding hydrogens is 425 g/mol. The molecule has 2 aromatic rings. The fourth-order valence-corrected chi connectivity index (χ4v) is 2.30. The molecule has 1 atom stereocenters. The van der Waals surface area contributed by atoms with Crippen molar-refractivity contribution in [2.45, 2.75) is 45.8 Å². The molecule has 0 N–H and O–H groups in total. The summed E-state index contributed by atoms with van der Waals surface area (Å²) in [7, 11) is 0. The average molecular weight is 452 g/mol. The van der Waals surface area contributed by atoms with E-state index in [0.29, 0.717) is 23.9 Å². The summed E-state index contributed by atoms with van der Waals surface area (Å²) >= 11 is 11.1. The van der Waals surface area contributed by atoms with Crippen molar-refractivity contribution in [2.24, 2.45) is 5.16 Å². The highest BCUT2D eigenvalue weighted by molar-refractivity contribution is 6.55. The second kappa shape index (κ2) is 11.7. The maximum Gasteiger partial charge on any atom is 0.137 e. The molecule has 0 bridgehead atoms. The average Bonchev–Trinajstić information content (AvgIpc) is 2.69. The van der Waals surface area contributed by atoms with E-state index in [2.05, 4.69) is 5.16 Å². The Labute approximate surface area is 188 Å². The lowest BCUT2D eigenvalue weighted by Gasteiger charge is -2.17. The fraction of sp³-hybridized carbons (Fsp3) is 0.348. The van der Waals surface area contributed by atoms with Gasteiger partial charge in [-0.2, -0.15) is 0 Å². The van der Waals surface area contributed by atoms with E-state index in [1.807, 2.05) is 76.2 Å². The van der Waals surface area contributed by atoms with E-state index in [1.165, 1.54) is 0 Å². The third-order valence-corrected chi connectivity index (χ3v) is 3.92. The number of rotatable bonds is 10. The van der Waals surface area contributed by atoms with Crippen LogP contribution in [-0.2, 0) is 4.84 Å².